The van der Waals surface area contributed by atoms with Gasteiger partial charge in [0, 0.05) is 26.2 Å². The molecule has 1 aliphatic heterocycles. The molecule has 122 valence electrons. The highest BCUT2D eigenvalue weighted by molar-refractivity contribution is 5.82. The predicted octanol–water partition coefficient (Wildman–Crippen LogP) is 1.94. The van der Waals surface area contributed by atoms with Crippen molar-refractivity contribution >= 4 is 11.6 Å². The number of aliphatic hydroxyl groups is 1. The number of benzene rings is 2. The molecule has 24 heavy (non-hydrogen) atoms. The van der Waals surface area contributed by atoms with Gasteiger partial charge in [-0.25, -0.2) is 0 Å². The molecule has 1 N–H and O–H groups in total. The maximum atomic E-state index is 12.5. The number of nitriles is 1. The SMILES string of the molecule is N#Cc1ccccc1N1CCN(C(=O)C(O)c2ccccc2)CC1. The summed E-state index contributed by atoms with van der Waals surface area (Å²) in [6.07, 6.45) is -1.12. The van der Waals surface area contributed by atoms with E-state index >= 15 is 0 Å². The molecule has 0 aliphatic carbocycles. The van der Waals surface area contributed by atoms with Gasteiger partial charge in [-0.05, 0) is 17.7 Å². The Labute approximate surface area is 141 Å². The summed E-state index contributed by atoms with van der Waals surface area (Å²) in [4.78, 5) is 16.3. The first-order valence-electron chi connectivity index (χ1n) is 7.96. The summed E-state index contributed by atoms with van der Waals surface area (Å²) in [6, 6.07) is 18.7. The summed E-state index contributed by atoms with van der Waals surface area (Å²) in [5, 5.41) is 19.5. The first-order valence-corrected chi connectivity index (χ1v) is 7.96. The fraction of sp³-hybridized carbons (Fsp3) is 0.263. The average molecular weight is 321 g/mol. The van der Waals surface area contributed by atoms with Gasteiger partial charge in [-0.1, -0.05) is 42.5 Å². The van der Waals surface area contributed by atoms with Crippen molar-refractivity contribution in [2.45, 2.75) is 6.10 Å². The number of hydrogen-bond donors (Lipinski definition) is 1. The molecule has 1 unspecified atom stereocenters. The molecule has 0 bridgehead atoms. The Hall–Kier alpha value is -2.84. The smallest absolute Gasteiger partial charge is 0.256 e. The van der Waals surface area contributed by atoms with Crippen LogP contribution in [0.4, 0.5) is 5.69 Å². The summed E-state index contributed by atoms with van der Waals surface area (Å²) in [6.45, 7) is 2.35. The average Bonchev–Trinajstić information content (AvgIpc) is 2.67. The van der Waals surface area contributed by atoms with Crippen molar-refractivity contribution < 1.29 is 9.90 Å². The second kappa shape index (κ2) is 7.16. The van der Waals surface area contributed by atoms with Crippen LogP contribution in [0.25, 0.3) is 0 Å². The summed E-state index contributed by atoms with van der Waals surface area (Å²) in [7, 11) is 0. The minimum atomic E-state index is -1.12. The van der Waals surface area contributed by atoms with Crippen LogP contribution in [0.5, 0.6) is 0 Å². The van der Waals surface area contributed by atoms with Gasteiger partial charge < -0.3 is 14.9 Å². The molecule has 0 spiro atoms. The van der Waals surface area contributed by atoms with Gasteiger partial charge >= 0.3 is 0 Å². The fourth-order valence-electron chi connectivity index (χ4n) is 2.96. The molecule has 1 atom stereocenters. The Kier molecular flexibility index (Phi) is 4.78. The number of nitrogens with zero attached hydrogens (tertiary/aromatic N) is 3. The second-order valence-corrected chi connectivity index (χ2v) is 5.75. The molecule has 1 saturated heterocycles. The molecule has 1 fully saturated rings. The number of anilines is 1. The van der Waals surface area contributed by atoms with Crippen molar-refractivity contribution in [2.75, 3.05) is 31.1 Å². The number of carbonyl (C=O) groups excluding carboxylic acids is 1. The van der Waals surface area contributed by atoms with E-state index in [1.54, 1.807) is 23.1 Å². The van der Waals surface area contributed by atoms with Crippen LogP contribution in [0, 0.1) is 11.3 Å². The summed E-state index contributed by atoms with van der Waals surface area (Å²) < 4.78 is 0. The first-order chi connectivity index (χ1) is 11.7. The lowest BCUT2D eigenvalue weighted by atomic mass is 10.1. The van der Waals surface area contributed by atoms with Gasteiger partial charge in [0.15, 0.2) is 6.10 Å². The van der Waals surface area contributed by atoms with E-state index in [-0.39, 0.29) is 5.91 Å². The largest absolute Gasteiger partial charge is 0.378 e. The van der Waals surface area contributed by atoms with Gasteiger partial charge in [0.05, 0.1) is 11.3 Å². The lowest BCUT2D eigenvalue weighted by Gasteiger charge is -2.37. The van der Waals surface area contributed by atoms with Crippen LogP contribution in [0.1, 0.15) is 17.2 Å². The molecule has 5 heteroatoms. The van der Waals surface area contributed by atoms with Crippen LogP contribution in [0.3, 0.4) is 0 Å². The molecule has 0 aromatic heterocycles. The molecule has 1 amide bonds. The van der Waals surface area contributed by atoms with Gasteiger partial charge in [0.2, 0.25) is 0 Å². The van der Waals surface area contributed by atoms with Crippen LogP contribution in [0.2, 0.25) is 0 Å². The normalized spacial score (nSPS) is 15.7. The molecular weight excluding hydrogens is 302 g/mol. The third-order valence-corrected chi connectivity index (χ3v) is 4.31. The van der Waals surface area contributed by atoms with Crippen LogP contribution in [-0.2, 0) is 4.79 Å². The van der Waals surface area contributed by atoms with Gasteiger partial charge in [0.25, 0.3) is 5.91 Å². The molecule has 5 nitrogen and oxygen atoms in total. The molecule has 0 saturated carbocycles. The molecule has 2 aromatic carbocycles. The second-order valence-electron chi connectivity index (χ2n) is 5.75. The van der Waals surface area contributed by atoms with E-state index in [0.717, 1.165) is 5.69 Å². The van der Waals surface area contributed by atoms with E-state index < -0.39 is 6.10 Å². The number of carbonyl (C=O) groups is 1. The Morgan fingerprint density at radius 1 is 1.00 bits per heavy atom. The van der Waals surface area contributed by atoms with E-state index in [1.807, 2.05) is 36.4 Å². The standard InChI is InChI=1S/C19H19N3O2/c20-14-16-8-4-5-9-17(16)21-10-12-22(13-11-21)19(24)18(23)15-6-2-1-3-7-15/h1-9,18,23H,10-13H2. The molecule has 0 radical (unpaired) electrons. The van der Waals surface area contributed by atoms with Crippen molar-refractivity contribution in [1.82, 2.24) is 4.90 Å². The molecule has 1 aliphatic rings. The van der Waals surface area contributed by atoms with E-state index in [9.17, 15) is 15.2 Å². The highest BCUT2D eigenvalue weighted by Crippen LogP contribution is 2.22. The minimum absolute atomic E-state index is 0.269. The number of aliphatic hydroxyl groups excluding tert-OH is 1. The zero-order valence-corrected chi connectivity index (χ0v) is 13.3. The quantitative estimate of drug-likeness (QED) is 0.938. The maximum Gasteiger partial charge on any atom is 0.256 e. The molecular formula is C19H19N3O2. The van der Waals surface area contributed by atoms with E-state index in [1.165, 1.54) is 0 Å². The lowest BCUT2D eigenvalue weighted by Crippen LogP contribution is -2.50. The fourth-order valence-corrected chi connectivity index (χ4v) is 2.96. The highest BCUT2D eigenvalue weighted by atomic mass is 16.3. The molecule has 2 aromatic rings. The lowest BCUT2D eigenvalue weighted by molar-refractivity contribution is -0.140. The van der Waals surface area contributed by atoms with Crippen molar-refractivity contribution in [1.29, 1.82) is 5.26 Å². The molecule has 3 rings (SSSR count). The van der Waals surface area contributed by atoms with Gasteiger partial charge in [0.1, 0.15) is 6.07 Å². The van der Waals surface area contributed by atoms with Gasteiger partial charge in [-0.3, -0.25) is 4.79 Å². The third-order valence-electron chi connectivity index (χ3n) is 4.31. The number of hydrogen-bond acceptors (Lipinski definition) is 4. The zero-order chi connectivity index (χ0) is 16.9. The van der Waals surface area contributed by atoms with Crippen LogP contribution in [-0.4, -0.2) is 42.1 Å². The number of para-hydroxylation sites is 1. The predicted molar refractivity (Wildman–Crippen MR) is 91.4 cm³/mol. The summed E-state index contributed by atoms with van der Waals surface area (Å²) >= 11 is 0. The summed E-state index contributed by atoms with van der Waals surface area (Å²) in [5.41, 5.74) is 2.15. The Balaban J connectivity index is 1.65. The minimum Gasteiger partial charge on any atom is -0.378 e. The van der Waals surface area contributed by atoms with Crippen molar-refractivity contribution in [2.24, 2.45) is 0 Å². The van der Waals surface area contributed by atoms with Crippen molar-refractivity contribution in [3.63, 3.8) is 0 Å². The van der Waals surface area contributed by atoms with Crippen molar-refractivity contribution in [3.8, 4) is 6.07 Å². The number of amides is 1. The third kappa shape index (κ3) is 3.24. The van der Waals surface area contributed by atoms with E-state index in [0.29, 0.717) is 37.3 Å². The Morgan fingerprint density at radius 2 is 1.62 bits per heavy atom. The highest BCUT2D eigenvalue weighted by Gasteiger charge is 2.27. The Morgan fingerprint density at radius 3 is 2.29 bits per heavy atom. The van der Waals surface area contributed by atoms with Crippen molar-refractivity contribution in [3.05, 3.63) is 65.7 Å². The van der Waals surface area contributed by atoms with Gasteiger partial charge in [-0.15, -0.1) is 0 Å². The maximum absolute atomic E-state index is 12.5. The molecule has 1 heterocycles. The van der Waals surface area contributed by atoms with Crippen LogP contribution < -0.4 is 4.90 Å². The van der Waals surface area contributed by atoms with E-state index in [4.69, 9.17) is 0 Å². The monoisotopic (exact) mass is 321 g/mol. The zero-order valence-electron chi connectivity index (χ0n) is 13.3. The Bertz CT molecular complexity index is 747. The van der Waals surface area contributed by atoms with Crippen LogP contribution >= 0.6 is 0 Å². The van der Waals surface area contributed by atoms with Crippen LogP contribution in [0.15, 0.2) is 54.6 Å². The topological polar surface area (TPSA) is 67.6 Å². The van der Waals surface area contributed by atoms with Gasteiger partial charge in [-0.2, -0.15) is 5.26 Å². The van der Waals surface area contributed by atoms with E-state index in [2.05, 4.69) is 11.0 Å². The number of rotatable bonds is 3. The first kappa shape index (κ1) is 16.0. The number of piperazine rings is 1. The summed E-state index contributed by atoms with van der Waals surface area (Å²) in [5.74, 6) is -0.269.